The molecule has 0 saturated carbocycles. The zero-order chi connectivity index (χ0) is 10.8. The topological polar surface area (TPSA) is 25.8 Å². The van der Waals surface area contributed by atoms with Gasteiger partial charge in [0.2, 0.25) is 0 Å². The summed E-state index contributed by atoms with van der Waals surface area (Å²) in [6.07, 6.45) is 1.36. The summed E-state index contributed by atoms with van der Waals surface area (Å²) in [5, 5.41) is 0.351. The molecule has 4 heteroatoms. The fraction of sp³-hybridized carbons (Fsp3) is 0.0909. The maximum absolute atomic E-state index is 13.3. The van der Waals surface area contributed by atoms with E-state index in [0.29, 0.717) is 16.4 Å². The number of hydrogen-bond acceptors (Lipinski definition) is 2. The van der Waals surface area contributed by atoms with Crippen LogP contribution in [0.15, 0.2) is 30.6 Å². The molecule has 0 N–H and O–H groups in total. The van der Waals surface area contributed by atoms with Gasteiger partial charge >= 0.3 is 0 Å². The Bertz CT molecular complexity index is 500. The molecule has 0 aliphatic heterocycles. The number of nitrogens with zero attached hydrogens (tertiary/aromatic N) is 2. The van der Waals surface area contributed by atoms with E-state index in [0.717, 1.165) is 5.56 Å². The first kappa shape index (κ1) is 10.1. The maximum atomic E-state index is 13.3. The fourth-order valence-corrected chi connectivity index (χ4v) is 1.51. The molecule has 1 aromatic heterocycles. The zero-order valence-electron chi connectivity index (χ0n) is 8.04. The van der Waals surface area contributed by atoms with Crippen LogP contribution in [-0.4, -0.2) is 9.97 Å². The molecule has 0 atom stereocenters. The Kier molecular flexibility index (Phi) is 2.64. The van der Waals surface area contributed by atoms with Crippen molar-refractivity contribution >= 4 is 11.6 Å². The Morgan fingerprint density at radius 3 is 2.80 bits per heavy atom. The van der Waals surface area contributed by atoms with Gasteiger partial charge in [0.15, 0.2) is 0 Å². The predicted octanol–water partition coefficient (Wildman–Crippen LogP) is 3.24. The maximum Gasteiger partial charge on any atom is 0.133 e. The first-order valence-corrected chi connectivity index (χ1v) is 4.79. The molecule has 76 valence electrons. The fourth-order valence-electron chi connectivity index (χ4n) is 1.37. The average Bonchev–Trinajstić information content (AvgIpc) is 2.22. The van der Waals surface area contributed by atoms with Crippen LogP contribution < -0.4 is 0 Å². The van der Waals surface area contributed by atoms with Crippen molar-refractivity contribution < 1.29 is 4.39 Å². The highest BCUT2D eigenvalue weighted by Crippen LogP contribution is 2.24. The van der Waals surface area contributed by atoms with Gasteiger partial charge in [-0.2, -0.15) is 0 Å². The lowest BCUT2D eigenvalue weighted by Crippen LogP contribution is -1.91. The molecule has 0 fully saturated rings. The summed E-state index contributed by atoms with van der Waals surface area (Å²) in [7, 11) is 0. The highest BCUT2D eigenvalue weighted by Gasteiger charge is 2.07. The Balaban J connectivity index is 2.59. The van der Waals surface area contributed by atoms with Gasteiger partial charge in [-0.3, -0.25) is 0 Å². The van der Waals surface area contributed by atoms with Gasteiger partial charge in [-0.1, -0.05) is 23.7 Å². The molecule has 0 radical (unpaired) electrons. The van der Waals surface area contributed by atoms with E-state index in [1.807, 2.05) is 0 Å². The van der Waals surface area contributed by atoms with E-state index in [9.17, 15) is 4.39 Å². The van der Waals surface area contributed by atoms with E-state index >= 15 is 0 Å². The van der Waals surface area contributed by atoms with Crippen LogP contribution in [0.3, 0.4) is 0 Å². The first-order valence-electron chi connectivity index (χ1n) is 4.41. The minimum atomic E-state index is -0.248. The molecule has 0 unspecified atom stereocenters. The van der Waals surface area contributed by atoms with Gasteiger partial charge in [-0.15, -0.1) is 0 Å². The summed E-state index contributed by atoms with van der Waals surface area (Å²) >= 11 is 5.74. The van der Waals surface area contributed by atoms with Crippen molar-refractivity contribution in [1.82, 2.24) is 9.97 Å². The molecular weight excluding hydrogens is 215 g/mol. The molecule has 0 aliphatic rings. The Hall–Kier alpha value is -1.48. The second-order valence-electron chi connectivity index (χ2n) is 3.14. The van der Waals surface area contributed by atoms with E-state index in [4.69, 9.17) is 11.6 Å². The predicted molar refractivity (Wildman–Crippen MR) is 57.2 cm³/mol. The highest BCUT2D eigenvalue weighted by molar-refractivity contribution is 6.29. The normalized spacial score (nSPS) is 10.3. The van der Waals surface area contributed by atoms with Gasteiger partial charge in [-0.05, 0) is 18.6 Å². The van der Waals surface area contributed by atoms with E-state index in [1.165, 1.54) is 12.4 Å². The molecule has 1 aromatic carbocycles. The van der Waals surface area contributed by atoms with Gasteiger partial charge in [0, 0.05) is 11.6 Å². The number of aromatic nitrogens is 2. The lowest BCUT2D eigenvalue weighted by Gasteiger charge is -2.05. The number of hydrogen-bond donors (Lipinski definition) is 0. The van der Waals surface area contributed by atoms with Crippen LogP contribution in [0.4, 0.5) is 4.39 Å². The van der Waals surface area contributed by atoms with Crippen molar-refractivity contribution in [2.24, 2.45) is 0 Å². The quantitative estimate of drug-likeness (QED) is 0.693. The number of benzene rings is 1. The van der Waals surface area contributed by atoms with Gasteiger partial charge < -0.3 is 0 Å². The third kappa shape index (κ3) is 1.97. The SMILES string of the molecule is Cc1c(F)cccc1-c1cc(Cl)ncn1. The van der Waals surface area contributed by atoms with E-state index in [-0.39, 0.29) is 5.82 Å². The van der Waals surface area contributed by atoms with Gasteiger partial charge in [-0.25, -0.2) is 14.4 Å². The zero-order valence-corrected chi connectivity index (χ0v) is 8.79. The molecular formula is C11H8ClFN2. The molecule has 1 heterocycles. The van der Waals surface area contributed by atoms with Crippen LogP contribution in [-0.2, 0) is 0 Å². The van der Waals surface area contributed by atoms with Crippen molar-refractivity contribution in [2.75, 3.05) is 0 Å². The van der Waals surface area contributed by atoms with Gasteiger partial charge in [0.25, 0.3) is 0 Å². The van der Waals surface area contributed by atoms with Crippen LogP contribution >= 0.6 is 11.6 Å². The van der Waals surface area contributed by atoms with Crippen LogP contribution in [0.1, 0.15) is 5.56 Å². The summed E-state index contributed by atoms with van der Waals surface area (Å²) < 4.78 is 13.3. The first-order chi connectivity index (χ1) is 7.18. The third-order valence-electron chi connectivity index (χ3n) is 2.18. The standard InChI is InChI=1S/C11H8ClFN2/c1-7-8(3-2-4-9(7)13)10-5-11(12)15-6-14-10/h2-6H,1H3. The molecule has 0 spiro atoms. The Labute approximate surface area is 91.8 Å². The van der Waals surface area contributed by atoms with Crippen molar-refractivity contribution in [2.45, 2.75) is 6.92 Å². The highest BCUT2D eigenvalue weighted by atomic mass is 35.5. The van der Waals surface area contributed by atoms with Gasteiger partial charge in [0.05, 0.1) is 5.69 Å². The minimum absolute atomic E-state index is 0.248. The number of rotatable bonds is 1. The van der Waals surface area contributed by atoms with Crippen molar-refractivity contribution in [3.05, 3.63) is 47.1 Å². The Morgan fingerprint density at radius 2 is 2.07 bits per heavy atom. The van der Waals surface area contributed by atoms with Crippen LogP contribution in [0.2, 0.25) is 5.15 Å². The smallest absolute Gasteiger partial charge is 0.133 e. The molecule has 15 heavy (non-hydrogen) atoms. The van der Waals surface area contributed by atoms with Crippen molar-refractivity contribution in [3.63, 3.8) is 0 Å². The van der Waals surface area contributed by atoms with E-state index in [1.54, 1.807) is 25.1 Å². The number of halogens is 2. The third-order valence-corrected chi connectivity index (χ3v) is 2.38. The average molecular weight is 223 g/mol. The second-order valence-corrected chi connectivity index (χ2v) is 3.53. The summed E-state index contributed by atoms with van der Waals surface area (Å²) in [6.45, 7) is 1.71. The lowest BCUT2D eigenvalue weighted by atomic mass is 10.1. The van der Waals surface area contributed by atoms with Crippen LogP contribution in [0, 0.1) is 12.7 Å². The molecule has 0 bridgehead atoms. The summed E-state index contributed by atoms with van der Waals surface area (Å²) in [4.78, 5) is 7.83. The Morgan fingerprint density at radius 1 is 1.27 bits per heavy atom. The summed E-state index contributed by atoms with van der Waals surface area (Å²) in [6, 6.07) is 6.48. The van der Waals surface area contributed by atoms with Gasteiger partial charge in [0.1, 0.15) is 17.3 Å². The minimum Gasteiger partial charge on any atom is -0.236 e. The summed E-state index contributed by atoms with van der Waals surface area (Å²) in [5.74, 6) is -0.248. The molecule has 2 nitrogen and oxygen atoms in total. The van der Waals surface area contributed by atoms with Crippen LogP contribution in [0.5, 0.6) is 0 Å². The second kappa shape index (κ2) is 3.95. The van der Waals surface area contributed by atoms with Crippen molar-refractivity contribution in [1.29, 1.82) is 0 Å². The van der Waals surface area contributed by atoms with Crippen molar-refractivity contribution in [3.8, 4) is 11.3 Å². The molecule has 2 rings (SSSR count). The summed E-state index contributed by atoms with van der Waals surface area (Å²) in [5.41, 5.74) is 1.93. The van der Waals surface area contributed by atoms with E-state index in [2.05, 4.69) is 9.97 Å². The molecule has 0 amide bonds. The van der Waals surface area contributed by atoms with E-state index < -0.39 is 0 Å². The lowest BCUT2D eigenvalue weighted by molar-refractivity contribution is 0.619. The molecule has 0 aliphatic carbocycles. The largest absolute Gasteiger partial charge is 0.236 e. The molecule has 0 saturated heterocycles. The van der Waals surface area contributed by atoms with Crippen LogP contribution in [0.25, 0.3) is 11.3 Å². The monoisotopic (exact) mass is 222 g/mol. The molecule has 2 aromatic rings.